The second-order valence-electron chi connectivity index (χ2n) is 7.89. The number of hydrogen-bond acceptors (Lipinski definition) is 4. The molecule has 2 unspecified atom stereocenters. The second-order valence-corrected chi connectivity index (χ2v) is 7.89. The number of likely N-dealkylation sites (tertiary alicyclic amines) is 1. The number of imide groups is 1. The molecule has 2 N–H and O–H groups in total. The monoisotopic (exact) mass is 440 g/mol. The van der Waals surface area contributed by atoms with Crippen LogP contribution < -0.4 is 10.6 Å². The zero-order chi connectivity index (χ0) is 23.0. The van der Waals surface area contributed by atoms with Crippen molar-refractivity contribution in [2.45, 2.75) is 44.4 Å². The van der Waals surface area contributed by atoms with Crippen LogP contribution in [-0.2, 0) is 19.9 Å². The predicted molar refractivity (Wildman–Crippen MR) is 103 cm³/mol. The van der Waals surface area contributed by atoms with Gasteiger partial charge in [0.05, 0.1) is 0 Å². The van der Waals surface area contributed by atoms with Crippen LogP contribution in [-0.4, -0.2) is 65.4 Å². The van der Waals surface area contributed by atoms with Crippen molar-refractivity contribution in [1.29, 1.82) is 0 Å². The maximum absolute atomic E-state index is 13.0. The summed E-state index contributed by atoms with van der Waals surface area (Å²) in [6.07, 6.45) is -3.93. The van der Waals surface area contributed by atoms with Gasteiger partial charge in [-0.15, -0.1) is 0 Å². The molecular formula is C20H23F3N4O4. The van der Waals surface area contributed by atoms with Gasteiger partial charge in [-0.1, -0.05) is 29.8 Å². The fourth-order valence-electron chi connectivity index (χ4n) is 3.79. The highest BCUT2D eigenvalue weighted by Crippen LogP contribution is 2.29. The van der Waals surface area contributed by atoms with Crippen molar-refractivity contribution in [2.24, 2.45) is 0 Å². The molecule has 1 aromatic rings. The summed E-state index contributed by atoms with van der Waals surface area (Å²) in [5, 5.41) is 4.38. The zero-order valence-electron chi connectivity index (χ0n) is 17.1. The first-order valence-electron chi connectivity index (χ1n) is 9.77. The first-order chi connectivity index (χ1) is 14.4. The summed E-state index contributed by atoms with van der Waals surface area (Å²) >= 11 is 0. The Bertz CT molecular complexity index is 903. The van der Waals surface area contributed by atoms with Crippen LogP contribution in [0, 0.1) is 6.92 Å². The Balaban J connectivity index is 1.69. The maximum Gasteiger partial charge on any atom is 0.405 e. The van der Waals surface area contributed by atoms with E-state index in [0.717, 1.165) is 15.4 Å². The highest BCUT2D eigenvalue weighted by Gasteiger charge is 2.50. The highest BCUT2D eigenvalue weighted by molar-refractivity contribution is 6.09. The van der Waals surface area contributed by atoms with Gasteiger partial charge in [-0.25, -0.2) is 4.79 Å². The molecule has 11 heteroatoms. The van der Waals surface area contributed by atoms with Crippen molar-refractivity contribution >= 4 is 23.8 Å². The van der Waals surface area contributed by atoms with Crippen LogP contribution in [0.3, 0.4) is 0 Å². The molecule has 168 valence electrons. The van der Waals surface area contributed by atoms with Gasteiger partial charge in [-0.05, 0) is 32.3 Å². The smallest absolute Gasteiger partial charge is 0.345 e. The van der Waals surface area contributed by atoms with E-state index in [1.165, 1.54) is 6.92 Å². The van der Waals surface area contributed by atoms with Crippen LogP contribution in [0.15, 0.2) is 24.3 Å². The van der Waals surface area contributed by atoms with E-state index in [4.69, 9.17) is 0 Å². The standard InChI is InChI=1S/C20H23F3N4O4/c1-12-5-7-13(8-6-12)19(2)17(30)27(18(31)25-19)10-15(28)26-9-3-4-14(26)16(29)24-11-20(21,22)23/h5-8,14H,3-4,9-11H2,1-2H3,(H,24,29)(H,25,31). The number of carbonyl (C=O) groups is 4. The lowest BCUT2D eigenvalue weighted by Gasteiger charge is -2.26. The van der Waals surface area contributed by atoms with Crippen LogP contribution in [0.2, 0.25) is 0 Å². The fourth-order valence-corrected chi connectivity index (χ4v) is 3.79. The molecule has 2 aliphatic heterocycles. The van der Waals surface area contributed by atoms with Crippen molar-refractivity contribution in [3.63, 3.8) is 0 Å². The number of urea groups is 1. The first-order valence-corrected chi connectivity index (χ1v) is 9.77. The van der Waals surface area contributed by atoms with Gasteiger partial charge in [0, 0.05) is 6.54 Å². The third-order valence-corrected chi connectivity index (χ3v) is 5.54. The topological polar surface area (TPSA) is 98.8 Å². The van der Waals surface area contributed by atoms with Gasteiger partial charge in [0.15, 0.2) is 0 Å². The van der Waals surface area contributed by atoms with E-state index in [0.29, 0.717) is 12.0 Å². The molecular weight excluding hydrogens is 417 g/mol. The van der Waals surface area contributed by atoms with E-state index in [1.54, 1.807) is 29.6 Å². The Morgan fingerprint density at radius 2 is 1.87 bits per heavy atom. The number of hydrogen-bond donors (Lipinski definition) is 2. The predicted octanol–water partition coefficient (Wildman–Crippen LogP) is 1.43. The molecule has 8 nitrogen and oxygen atoms in total. The summed E-state index contributed by atoms with van der Waals surface area (Å²) in [4.78, 5) is 52.2. The molecule has 2 atom stereocenters. The summed E-state index contributed by atoms with van der Waals surface area (Å²) in [6.45, 7) is 1.47. The van der Waals surface area contributed by atoms with Crippen LogP contribution in [0.4, 0.5) is 18.0 Å². The number of alkyl halides is 3. The van der Waals surface area contributed by atoms with Crippen LogP contribution >= 0.6 is 0 Å². The van der Waals surface area contributed by atoms with Crippen molar-refractivity contribution in [1.82, 2.24) is 20.4 Å². The van der Waals surface area contributed by atoms with Crippen molar-refractivity contribution in [3.05, 3.63) is 35.4 Å². The van der Waals surface area contributed by atoms with Gasteiger partial charge >= 0.3 is 12.2 Å². The van der Waals surface area contributed by atoms with Gasteiger partial charge in [0.25, 0.3) is 5.91 Å². The van der Waals surface area contributed by atoms with Crippen LogP contribution in [0.1, 0.15) is 30.9 Å². The van der Waals surface area contributed by atoms with Crippen molar-refractivity contribution < 1.29 is 32.3 Å². The summed E-state index contributed by atoms with van der Waals surface area (Å²) in [5.41, 5.74) is 0.177. The van der Waals surface area contributed by atoms with Crippen LogP contribution in [0.5, 0.6) is 0 Å². The molecule has 2 heterocycles. The van der Waals surface area contributed by atoms with E-state index < -0.39 is 54.6 Å². The molecule has 0 bridgehead atoms. The van der Waals surface area contributed by atoms with E-state index in [-0.39, 0.29) is 13.0 Å². The molecule has 0 aliphatic carbocycles. The van der Waals surface area contributed by atoms with Gasteiger partial charge in [-0.2, -0.15) is 13.2 Å². The molecule has 2 fully saturated rings. The average molecular weight is 440 g/mol. The number of benzene rings is 1. The quantitative estimate of drug-likeness (QED) is 0.677. The molecule has 0 saturated carbocycles. The molecule has 2 aliphatic rings. The largest absolute Gasteiger partial charge is 0.405 e. The number of amides is 5. The Morgan fingerprint density at radius 1 is 1.23 bits per heavy atom. The summed E-state index contributed by atoms with van der Waals surface area (Å²) in [5.74, 6) is -2.21. The van der Waals surface area contributed by atoms with E-state index in [2.05, 4.69) is 5.32 Å². The Morgan fingerprint density at radius 3 is 2.48 bits per heavy atom. The van der Waals surface area contributed by atoms with Crippen molar-refractivity contribution in [2.75, 3.05) is 19.6 Å². The molecule has 3 rings (SSSR count). The number of halogens is 3. The van der Waals surface area contributed by atoms with E-state index in [9.17, 15) is 32.3 Å². The maximum atomic E-state index is 13.0. The molecule has 0 radical (unpaired) electrons. The second kappa shape index (κ2) is 8.20. The summed E-state index contributed by atoms with van der Waals surface area (Å²) in [7, 11) is 0. The lowest BCUT2D eigenvalue weighted by molar-refractivity contribution is -0.146. The lowest BCUT2D eigenvalue weighted by Crippen LogP contribution is -2.51. The minimum Gasteiger partial charge on any atom is -0.345 e. The number of nitrogens with zero attached hydrogens (tertiary/aromatic N) is 2. The Hall–Kier alpha value is -3.11. The molecule has 2 saturated heterocycles. The minimum atomic E-state index is -4.57. The number of carbonyl (C=O) groups excluding carboxylic acids is 4. The Kier molecular flexibility index (Phi) is 5.97. The molecule has 31 heavy (non-hydrogen) atoms. The van der Waals surface area contributed by atoms with E-state index >= 15 is 0 Å². The normalized spacial score (nSPS) is 23.8. The number of nitrogens with one attached hydrogen (secondary N) is 2. The molecule has 5 amide bonds. The molecule has 1 aromatic carbocycles. The zero-order valence-corrected chi connectivity index (χ0v) is 17.1. The van der Waals surface area contributed by atoms with Crippen LogP contribution in [0.25, 0.3) is 0 Å². The number of rotatable bonds is 5. The van der Waals surface area contributed by atoms with Gasteiger partial charge in [0.1, 0.15) is 24.7 Å². The highest BCUT2D eigenvalue weighted by atomic mass is 19.4. The average Bonchev–Trinajstić information content (AvgIpc) is 3.26. The van der Waals surface area contributed by atoms with Gasteiger partial charge < -0.3 is 15.5 Å². The summed E-state index contributed by atoms with van der Waals surface area (Å²) in [6, 6.07) is 5.18. The summed E-state index contributed by atoms with van der Waals surface area (Å²) < 4.78 is 37.1. The Labute approximate surface area is 176 Å². The third-order valence-electron chi connectivity index (χ3n) is 5.54. The molecule has 0 aromatic heterocycles. The van der Waals surface area contributed by atoms with E-state index in [1.807, 2.05) is 6.92 Å². The molecule has 0 spiro atoms. The number of aryl methyl sites for hydroxylation is 1. The van der Waals surface area contributed by atoms with Gasteiger partial charge in [0.2, 0.25) is 11.8 Å². The van der Waals surface area contributed by atoms with Crippen molar-refractivity contribution in [3.8, 4) is 0 Å². The lowest BCUT2D eigenvalue weighted by atomic mass is 9.91. The minimum absolute atomic E-state index is 0.155. The first kappa shape index (κ1) is 22.6. The van der Waals surface area contributed by atoms with Gasteiger partial charge in [-0.3, -0.25) is 19.3 Å². The third kappa shape index (κ3) is 4.64. The SMILES string of the molecule is Cc1ccc(C2(C)NC(=O)N(CC(=O)N3CCCC3C(=O)NCC(F)(F)F)C2=O)cc1. The fraction of sp³-hybridized carbons (Fsp3) is 0.500.